The molecule has 1 saturated carbocycles. The molecule has 1 aliphatic rings. The van der Waals surface area contributed by atoms with Crippen LogP contribution in [0.15, 0.2) is 24.3 Å². The monoisotopic (exact) mass is 272 g/mol. The van der Waals surface area contributed by atoms with Gasteiger partial charge in [0.25, 0.3) is 0 Å². The second-order valence-electron chi connectivity index (χ2n) is 4.83. The van der Waals surface area contributed by atoms with Crippen molar-refractivity contribution in [3.8, 4) is 0 Å². The Hall–Kier alpha value is -1.36. The lowest BCUT2D eigenvalue weighted by atomic mass is 10.0. The topological polar surface area (TPSA) is 26.3 Å². The molecule has 0 heterocycles. The van der Waals surface area contributed by atoms with Crippen LogP contribution < -0.4 is 0 Å². The van der Waals surface area contributed by atoms with E-state index in [4.69, 9.17) is 4.74 Å². The van der Waals surface area contributed by atoms with E-state index in [1.54, 1.807) is 0 Å². The van der Waals surface area contributed by atoms with Crippen molar-refractivity contribution >= 4 is 5.78 Å². The Morgan fingerprint density at radius 1 is 1.32 bits per heavy atom. The smallest absolute Gasteiger partial charge is 0.373 e. The fourth-order valence-electron chi connectivity index (χ4n) is 2.10. The Balaban J connectivity index is 2.01. The molecular weight excluding hydrogens is 257 g/mol. The van der Waals surface area contributed by atoms with E-state index >= 15 is 0 Å². The quantitative estimate of drug-likeness (QED) is 0.822. The van der Waals surface area contributed by atoms with Crippen LogP contribution in [-0.4, -0.2) is 19.0 Å². The maximum atomic E-state index is 12.4. The van der Waals surface area contributed by atoms with Gasteiger partial charge in [0.2, 0.25) is 0 Å². The molecule has 5 heteroatoms. The van der Waals surface area contributed by atoms with Crippen LogP contribution in [0.1, 0.15) is 24.0 Å². The molecule has 0 saturated heterocycles. The first kappa shape index (κ1) is 14.1. The van der Waals surface area contributed by atoms with E-state index in [1.165, 1.54) is 19.2 Å². The molecule has 1 atom stereocenters. The molecule has 0 aliphatic heterocycles. The average molecular weight is 272 g/mol. The number of carbonyl (C=O) groups excluding carboxylic acids is 1. The summed E-state index contributed by atoms with van der Waals surface area (Å²) in [5.74, 6) is 0.219. The summed E-state index contributed by atoms with van der Waals surface area (Å²) in [5.41, 5.74) is -0.116. The zero-order valence-electron chi connectivity index (χ0n) is 10.5. The van der Waals surface area contributed by atoms with Crippen LogP contribution in [0.5, 0.6) is 0 Å². The van der Waals surface area contributed by atoms with Crippen LogP contribution >= 0.6 is 0 Å². The van der Waals surface area contributed by atoms with Crippen molar-refractivity contribution in [3.63, 3.8) is 0 Å². The zero-order valence-corrected chi connectivity index (χ0v) is 10.5. The molecule has 19 heavy (non-hydrogen) atoms. The van der Waals surface area contributed by atoms with Gasteiger partial charge in [-0.05, 0) is 36.5 Å². The Morgan fingerprint density at radius 3 is 2.32 bits per heavy atom. The molecule has 1 unspecified atom stereocenters. The van der Waals surface area contributed by atoms with Gasteiger partial charge in [-0.1, -0.05) is 12.1 Å². The standard InChI is InChI=1S/C14H15F3O2/c1-19-13(10-4-5-10)12(18)8-9-2-6-11(7-3-9)14(15,16)17/h2-3,6-7,10,13H,4-5,8H2,1H3. The van der Waals surface area contributed by atoms with E-state index in [-0.39, 0.29) is 18.1 Å². The van der Waals surface area contributed by atoms with E-state index in [1.807, 2.05) is 0 Å². The minimum Gasteiger partial charge on any atom is -0.373 e. The van der Waals surface area contributed by atoms with E-state index in [0.29, 0.717) is 5.56 Å². The molecule has 1 aromatic carbocycles. The van der Waals surface area contributed by atoms with Crippen LogP contribution in [0.2, 0.25) is 0 Å². The lowest BCUT2D eigenvalue weighted by molar-refractivity contribution is -0.137. The van der Waals surface area contributed by atoms with Crippen LogP contribution in [0, 0.1) is 5.92 Å². The highest BCUT2D eigenvalue weighted by Gasteiger charge is 2.36. The SMILES string of the molecule is COC(C(=O)Cc1ccc(C(F)(F)F)cc1)C1CC1. The van der Waals surface area contributed by atoms with E-state index in [0.717, 1.165) is 25.0 Å². The summed E-state index contributed by atoms with van der Waals surface area (Å²) in [4.78, 5) is 12.0. The minimum atomic E-state index is -4.34. The fourth-order valence-corrected chi connectivity index (χ4v) is 2.10. The first-order valence-electron chi connectivity index (χ1n) is 6.13. The van der Waals surface area contributed by atoms with Crippen LogP contribution in [0.4, 0.5) is 13.2 Å². The molecule has 1 fully saturated rings. The van der Waals surface area contributed by atoms with Crippen LogP contribution in [-0.2, 0) is 22.1 Å². The molecular formula is C14H15F3O2. The number of alkyl halides is 3. The number of methoxy groups -OCH3 is 1. The third kappa shape index (κ3) is 3.56. The first-order chi connectivity index (χ1) is 8.91. The molecule has 0 radical (unpaired) electrons. The molecule has 2 nitrogen and oxygen atoms in total. The van der Waals surface area contributed by atoms with Gasteiger partial charge in [0.05, 0.1) is 5.56 Å². The number of rotatable bonds is 5. The predicted molar refractivity (Wildman–Crippen MR) is 63.7 cm³/mol. The van der Waals surface area contributed by atoms with E-state index in [2.05, 4.69) is 0 Å². The normalized spacial score (nSPS) is 17.3. The molecule has 0 spiro atoms. The lowest BCUT2D eigenvalue weighted by Crippen LogP contribution is -2.26. The maximum absolute atomic E-state index is 12.4. The van der Waals surface area contributed by atoms with Crippen LogP contribution in [0.25, 0.3) is 0 Å². The molecule has 0 N–H and O–H groups in total. The van der Waals surface area contributed by atoms with E-state index < -0.39 is 17.8 Å². The van der Waals surface area contributed by atoms with Crippen molar-refractivity contribution < 1.29 is 22.7 Å². The van der Waals surface area contributed by atoms with Gasteiger partial charge in [0.15, 0.2) is 5.78 Å². The van der Waals surface area contributed by atoms with Crippen molar-refractivity contribution in [1.29, 1.82) is 0 Å². The van der Waals surface area contributed by atoms with Crippen molar-refractivity contribution in [1.82, 2.24) is 0 Å². The Morgan fingerprint density at radius 2 is 1.89 bits per heavy atom. The molecule has 1 aromatic rings. The van der Waals surface area contributed by atoms with Gasteiger partial charge in [-0.25, -0.2) is 0 Å². The van der Waals surface area contributed by atoms with Gasteiger partial charge >= 0.3 is 6.18 Å². The first-order valence-corrected chi connectivity index (χ1v) is 6.13. The summed E-state index contributed by atoms with van der Waals surface area (Å²) in [6, 6.07) is 4.70. The molecule has 0 aromatic heterocycles. The van der Waals surface area contributed by atoms with Gasteiger partial charge in [0.1, 0.15) is 6.10 Å². The highest BCUT2D eigenvalue weighted by Crippen LogP contribution is 2.35. The average Bonchev–Trinajstić information content (AvgIpc) is 3.14. The number of benzene rings is 1. The molecule has 2 rings (SSSR count). The zero-order chi connectivity index (χ0) is 14.0. The third-order valence-electron chi connectivity index (χ3n) is 3.28. The van der Waals surface area contributed by atoms with Crippen molar-refractivity contribution in [2.45, 2.75) is 31.5 Å². The number of halogens is 3. The summed E-state index contributed by atoms with van der Waals surface area (Å²) in [6.07, 6.45) is -2.67. The predicted octanol–water partition coefficient (Wildman–Crippen LogP) is 3.24. The van der Waals surface area contributed by atoms with Crippen molar-refractivity contribution in [2.75, 3.05) is 7.11 Å². The second kappa shape index (κ2) is 5.33. The number of ether oxygens (including phenoxy) is 1. The van der Waals surface area contributed by atoms with Crippen molar-refractivity contribution in [3.05, 3.63) is 35.4 Å². The molecule has 0 amide bonds. The van der Waals surface area contributed by atoms with Crippen LogP contribution in [0.3, 0.4) is 0 Å². The molecule has 1 aliphatic carbocycles. The molecule has 104 valence electrons. The fraction of sp³-hybridized carbons (Fsp3) is 0.500. The van der Waals surface area contributed by atoms with Gasteiger partial charge < -0.3 is 4.74 Å². The summed E-state index contributed by atoms with van der Waals surface area (Å²) >= 11 is 0. The summed E-state index contributed by atoms with van der Waals surface area (Å²) in [7, 11) is 1.49. The third-order valence-corrected chi connectivity index (χ3v) is 3.28. The number of hydrogen-bond acceptors (Lipinski definition) is 2. The Kier molecular flexibility index (Phi) is 3.94. The van der Waals surface area contributed by atoms with Gasteiger partial charge in [-0.15, -0.1) is 0 Å². The summed E-state index contributed by atoms with van der Waals surface area (Å²) in [5, 5.41) is 0. The summed E-state index contributed by atoms with van der Waals surface area (Å²) < 4.78 is 42.3. The molecule has 0 bridgehead atoms. The minimum absolute atomic E-state index is 0.0650. The number of carbonyl (C=O) groups is 1. The largest absolute Gasteiger partial charge is 0.416 e. The second-order valence-corrected chi connectivity index (χ2v) is 4.83. The highest BCUT2D eigenvalue weighted by atomic mass is 19.4. The van der Waals surface area contributed by atoms with Gasteiger partial charge in [-0.3, -0.25) is 4.79 Å². The van der Waals surface area contributed by atoms with E-state index in [9.17, 15) is 18.0 Å². The van der Waals surface area contributed by atoms with Gasteiger partial charge in [0, 0.05) is 13.5 Å². The number of hydrogen-bond donors (Lipinski definition) is 0. The summed E-state index contributed by atoms with van der Waals surface area (Å²) in [6.45, 7) is 0. The van der Waals surface area contributed by atoms with Gasteiger partial charge in [-0.2, -0.15) is 13.2 Å². The Bertz CT molecular complexity index is 447. The Labute approximate surface area is 109 Å². The maximum Gasteiger partial charge on any atom is 0.416 e. The highest BCUT2D eigenvalue weighted by molar-refractivity contribution is 5.85. The number of ketones is 1. The van der Waals surface area contributed by atoms with Crippen molar-refractivity contribution in [2.24, 2.45) is 5.92 Å². The number of Topliss-reactive ketones (excluding diaryl/α,β-unsaturated/α-hetero) is 1. The lowest BCUT2D eigenvalue weighted by Gasteiger charge is -2.13.